The second-order valence-electron chi connectivity index (χ2n) is 8.80. The molecule has 0 aliphatic carbocycles. The minimum Gasteiger partial charge on any atom is -0.493 e. The van der Waals surface area contributed by atoms with Crippen molar-refractivity contribution >= 4 is 34.8 Å². The maximum absolute atomic E-state index is 13.3. The summed E-state index contributed by atoms with van der Waals surface area (Å²) in [5.74, 6) is 0.793. The van der Waals surface area contributed by atoms with E-state index < -0.39 is 5.41 Å². The number of hydrogen-bond donors (Lipinski definition) is 0. The van der Waals surface area contributed by atoms with Gasteiger partial charge in [-0.15, -0.1) is 11.3 Å². The molecule has 2 saturated heterocycles. The van der Waals surface area contributed by atoms with Crippen LogP contribution in [0.2, 0.25) is 5.02 Å². The van der Waals surface area contributed by atoms with Gasteiger partial charge in [-0.1, -0.05) is 17.7 Å². The molecule has 1 atom stereocenters. The van der Waals surface area contributed by atoms with Gasteiger partial charge in [-0.05, 0) is 38.1 Å². The highest BCUT2D eigenvalue weighted by Gasteiger charge is 2.41. The maximum Gasteiger partial charge on any atom is 0.265 e. The third kappa shape index (κ3) is 5.60. The van der Waals surface area contributed by atoms with Gasteiger partial charge in [0.05, 0.1) is 18.3 Å². The number of amides is 2. The third-order valence-corrected chi connectivity index (χ3v) is 7.31. The number of nitrogens with zero attached hydrogens (tertiary/aromatic N) is 4. The van der Waals surface area contributed by atoms with Crippen LogP contribution in [0, 0.1) is 5.41 Å². The van der Waals surface area contributed by atoms with E-state index >= 15 is 0 Å². The molecule has 0 radical (unpaired) electrons. The molecule has 0 spiro atoms. The molecule has 4 rings (SSSR count). The Morgan fingerprint density at radius 2 is 2.00 bits per heavy atom. The molecule has 2 amide bonds. The molecule has 1 aromatic carbocycles. The van der Waals surface area contributed by atoms with Gasteiger partial charge in [0.25, 0.3) is 5.91 Å². The molecule has 7 nitrogen and oxygen atoms in total. The zero-order valence-corrected chi connectivity index (χ0v) is 19.9. The molecule has 32 heavy (non-hydrogen) atoms. The molecular formula is C23H29ClN4O3S. The molecule has 9 heteroatoms. The fraction of sp³-hybridized carbons (Fsp3) is 0.522. The van der Waals surface area contributed by atoms with Crippen molar-refractivity contribution in [2.75, 3.05) is 52.9 Å². The first-order valence-corrected chi connectivity index (χ1v) is 12.2. The average molecular weight is 477 g/mol. The number of benzene rings is 1. The van der Waals surface area contributed by atoms with Crippen LogP contribution in [-0.2, 0) is 4.79 Å². The lowest BCUT2D eigenvalue weighted by molar-refractivity contribution is -0.137. The van der Waals surface area contributed by atoms with E-state index in [4.69, 9.17) is 16.3 Å². The lowest BCUT2D eigenvalue weighted by atomic mass is 9.77. The lowest BCUT2D eigenvalue weighted by Crippen LogP contribution is -2.53. The molecular weight excluding hydrogens is 448 g/mol. The molecule has 172 valence electrons. The van der Waals surface area contributed by atoms with Gasteiger partial charge < -0.3 is 19.4 Å². The molecule has 2 aliphatic heterocycles. The van der Waals surface area contributed by atoms with Crippen LogP contribution in [0.3, 0.4) is 0 Å². The van der Waals surface area contributed by atoms with Gasteiger partial charge in [0.1, 0.15) is 10.6 Å². The van der Waals surface area contributed by atoms with E-state index in [1.165, 1.54) is 11.3 Å². The highest BCUT2D eigenvalue weighted by Crippen LogP contribution is 2.36. The summed E-state index contributed by atoms with van der Waals surface area (Å²) in [6.07, 6.45) is 3.64. The number of carbonyl (C=O) groups excluding carboxylic acids is 2. The van der Waals surface area contributed by atoms with Crippen molar-refractivity contribution in [2.24, 2.45) is 5.41 Å². The zero-order valence-electron chi connectivity index (χ0n) is 18.3. The van der Waals surface area contributed by atoms with Gasteiger partial charge in [-0.2, -0.15) is 0 Å². The molecule has 2 aromatic rings. The Hall–Kier alpha value is -2.16. The Morgan fingerprint density at radius 1 is 1.19 bits per heavy atom. The van der Waals surface area contributed by atoms with E-state index in [0.29, 0.717) is 41.8 Å². The smallest absolute Gasteiger partial charge is 0.265 e. The van der Waals surface area contributed by atoms with E-state index in [2.05, 4.69) is 16.9 Å². The van der Waals surface area contributed by atoms with Gasteiger partial charge in [-0.25, -0.2) is 0 Å². The van der Waals surface area contributed by atoms with Crippen LogP contribution in [0.25, 0.3) is 0 Å². The minimum atomic E-state index is -0.443. The molecule has 0 bridgehead atoms. The van der Waals surface area contributed by atoms with Crippen molar-refractivity contribution in [1.82, 2.24) is 19.7 Å². The first-order chi connectivity index (χ1) is 15.4. The monoisotopic (exact) mass is 476 g/mol. The van der Waals surface area contributed by atoms with Crippen molar-refractivity contribution in [1.29, 1.82) is 0 Å². The van der Waals surface area contributed by atoms with Crippen LogP contribution in [-0.4, -0.2) is 84.4 Å². The Bertz CT molecular complexity index is 933. The fourth-order valence-corrected chi connectivity index (χ4v) is 5.22. The number of piperidine rings is 1. The first-order valence-electron chi connectivity index (χ1n) is 11.0. The Kier molecular flexibility index (Phi) is 7.33. The summed E-state index contributed by atoms with van der Waals surface area (Å²) in [6.45, 7) is 4.77. The number of carbonyl (C=O) groups is 2. The van der Waals surface area contributed by atoms with E-state index in [0.717, 1.165) is 39.0 Å². The summed E-state index contributed by atoms with van der Waals surface area (Å²) >= 11 is 7.46. The van der Waals surface area contributed by atoms with E-state index in [-0.39, 0.29) is 11.8 Å². The van der Waals surface area contributed by atoms with Gasteiger partial charge in [0, 0.05) is 56.1 Å². The molecule has 1 aromatic heterocycles. The number of halogens is 1. The molecule has 0 N–H and O–H groups in total. The minimum absolute atomic E-state index is 0.0219. The van der Waals surface area contributed by atoms with Crippen LogP contribution >= 0.6 is 22.9 Å². The average Bonchev–Trinajstić information content (AvgIpc) is 3.33. The molecule has 2 fully saturated rings. The maximum atomic E-state index is 13.3. The predicted octanol–water partition coefficient (Wildman–Crippen LogP) is 3.26. The van der Waals surface area contributed by atoms with Crippen LogP contribution in [0.5, 0.6) is 5.75 Å². The summed E-state index contributed by atoms with van der Waals surface area (Å²) in [7, 11) is 2.08. The number of likely N-dealkylation sites (N-methyl/N-ethyl adjacent to an activating group) is 1. The van der Waals surface area contributed by atoms with E-state index in [1.54, 1.807) is 23.8 Å². The fourth-order valence-electron chi connectivity index (χ4n) is 4.45. The van der Waals surface area contributed by atoms with Gasteiger partial charge in [-0.3, -0.25) is 14.6 Å². The van der Waals surface area contributed by atoms with Crippen LogP contribution < -0.4 is 4.74 Å². The Morgan fingerprint density at radius 3 is 2.72 bits per heavy atom. The number of rotatable bonds is 6. The largest absolute Gasteiger partial charge is 0.493 e. The number of ether oxygens (including phenoxy) is 1. The van der Waals surface area contributed by atoms with Crippen molar-refractivity contribution in [2.45, 2.75) is 19.3 Å². The van der Waals surface area contributed by atoms with Gasteiger partial charge in [0.15, 0.2) is 0 Å². The summed E-state index contributed by atoms with van der Waals surface area (Å²) < 4.78 is 6.14. The third-order valence-electron chi connectivity index (χ3n) is 6.32. The van der Waals surface area contributed by atoms with Crippen molar-refractivity contribution < 1.29 is 14.3 Å². The molecule has 2 aliphatic rings. The van der Waals surface area contributed by atoms with E-state index in [9.17, 15) is 9.59 Å². The zero-order chi connectivity index (χ0) is 22.6. The second-order valence-corrected chi connectivity index (χ2v) is 10.1. The quantitative estimate of drug-likeness (QED) is 0.640. The first kappa shape index (κ1) is 23.0. The normalized spacial score (nSPS) is 22.1. The van der Waals surface area contributed by atoms with Crippen LogP contribution in [0.15, 0.2) is 36.0 Å². The van der Waals surface area contributed by atoms with E-state index in [1.807, 2.05) is 21.9 Å². The lowest BCUT2D eigenvalue weighted by Gasteiger charge is -2.43. The second kappa shape index (κ2) is 10.2. The highest BCUT2D eigenvalue weighted by molar-refractivity contribution is 7.11. The molecule has 1 unspecified atom stereocenters. The summed E-state index contributed by atoms with van der Waals surface area (Å²) in [5, 5.41) is 0.607. The van der Waals surface area contributed by atoms with Crippen LogP contribution in [0.4, 0.5) is 0 Å². The van der Waals surface area contributed by atoms with Crippen molar-refractivity contribution in [3.63, 3.8) is 0 Å². The number of aromatic nitrogens is 1. The van der Waals surface area contributed by atoms with Gasteiger partial charge >= 0.3 is 0 Å². The molecule has 0 saturated carbocycles. The number of likely N-dealkylation sites (tertiary alicyclic amines) is 1. The predicted molar refractivity (Wildman–Crippen MR) is 125 cm³/mol. The Balaban J connectivity index is 1.51. The van der Waals surface area contributed by atoms with Gasteiger partial charge in [0.2, 0.25) is 5.91 Å². The Labute approximate surface area is 197 Å². The van der Waals surface area contributed by atoms with Crippen molar-refractivity contribution in [3.8, 4) is 5.75 Å². The number of piperazine rings is 1. The summed E-state index contributed by atoms with van der Waals surface area (Å²) in [6, 6.07) is 7.29. The summed E-state index contributed by atoms with van der Waals surface area (Å²) in [4.78, 5) is 37.0. The SMILES string of the molecule is CN1CCN(C(=O)CC2(COc3cccc(Cl)c3)CCCN(C(=O)c3cncs3)C2)CC1. The van der Waals surface area contributed by atoms with Crippen molar-refractivity contribution in [3.05, 3.63) is 45.9 Å². The topological polar surface area (TPSA) is 66.0 Å². The van der Waals surface area contributed by atoms with Crippen LogP contribution in [0.1, 0.15) is 28.9 Å². The highest BCUT2D eigenvalue weighted by atomic mass is 35.5. The number of thiazole rings is 1. The molecule has 3 heterocycles. The number of hydrogen-bond acceptors (Lipinski definition) is 6. The standard InChI is InChI=1S/C23H29ClN4O3S/c1-26-8-10-27(11-9-26)21(29)13-23(16-31-19-5-2-4-18(24)12-19)6-3-7-28(15-23)22(30)20-14-25-17-32-20/h2,4-5,12,14,17H,3,6-11,13,15-16H2,1H3. The summed E-state index contributed by atoms with van der Waals surface area (Å²) in [5.41, 5.74) is 1.23.